The third-order valence-electron chi connectivity index (χ3n) is 3.07. The lowest BCUT2D eigenvalue weighted by Gasteiger charge is -2.20. The van der Waals surface area contributed by atoms with Crippen molar-refractivity contribution in [1.82, 2.24) is 20.3 Å². The Hall–Kier alpha value is -1.92. The van der Waals surface area contributed by atoms with E-state index >= 15 is 0 Å². The van der Waals surface area contributed by atoms with Crippen molar-refractivity contribution in [3.05, 3.63) is 11.4 Å². The number of nitrogens with zero attached hydrogens (tertiary/aromatic N) is 3. The summed E-state index contributed by atoms with van der Waals surface area (Å²) in [5, 5.41) is 19.6. The molecule has 0 radical (unpaired) electrons. The predicted octanol–water partition coefficient (Wildman–Crippen LogP) is 1.58. The number of carbonyl (C=O) groups is 2. The van der Waals surface area contributed by atoms with Crippen molar-refractivity contribution in [1.29, 1.82) is 0 Å². The average molecular weight is 296 g/mol. The van der Waals surface area contributed by atoms with Crippen LogP contribution in [0.25, 0.3) is 0 Å². The SMILES string of the molecule is CCCC(C)NC(=O)Cn1nnc(C(=O)O)c1C(C)(C)C. The topological polar surface area (TPSA) is 97.1 Å². The zero-order valence-corrected chi connectivity index (χ0v) is 13.3. The minimum atomic E-state index is -1.13. The lowest BCUT2D eigenvalue weighted by molar-refractivity contribution is -0.122. The van der Waals surface area contributed by atoms with Crippen molar-refractivity contribution in [2.24, 2.45) is 0 Å². The molecular weight excluding hydrogens is 272 g/mol. The molecule has 1 aromatic heterocycles. The van der Waals surface area contributed by atoms with Gasteiger partial charge in [0.15, 0.2) is 5.69 Å². The van der Waals surface area contributed by atoms with Gasteiger partial charge >= 0.3 is 5.97 Å². The van der Waals surface area contributed by atoms with Gasteiger partial charge in [-0.3, -0.25) is 4.79 Å². The molecule has 0 bridgehead atoms. The molecule has 7 heteroatoms. The van der Waals surface area contributed by atoms with E-state index in [2.05, 4.69) is 22.6 Å². The van der Waals surface area contributed by atoms with Crippen molar-refractivity contribution < 1.29 is 14.7 Å². The molecule has 0 aliphatic rings. The van der Waals surface area contributed by atoms with Crippen LogP contribution >= 0.6 is 0 Å². The summed E-state index contributed by atoms with van der Waals surface area (Å²) >= 11 is 0. The van der Waals surface area contributed by atoms with Gasteiger partial charge in [0.25, 0.3) is 0 Å². The highest BCUT2D eigenvalue weighted by Crippen LogP contribution is 2.24. The molecule has 0 aromatic carbocycles. The Labute approximate surface area is 124 Å². The van der Waals surface area contributed by atoms with Crippen molar-refractivity contribution >= 4 is 11.9 Å². The molecule has 1 rings (SSSR count). The summed E-state index contributed by atoms with van der Waals surface area (Å²) in [6.45, 7) is 9.57. The van der Waals surface area contributed by atoms with E-state index in [1.54, 1.807) is 0 Å². The maximum Gasteiger partial charge on any atom is 0.358 e. The maximum absolute atomic E-state index is 12.0. The van der Waals surface area contributed by atoms with Crippen molar-refractivity contribution in [2.45, 2.75) is 65.5 Å². The summed E-state index contributed by atoms with van der Waals surface area (Å²) in [5.74, 6) is -1.32. The van der Waals surface area contributed by atoms with Crippen LogP contribution in [0.15, 0.2) is 0 Å². The van der Waals surface area contributed by atoms with Gasteiger partial charge in [-0.2, -0.15) is 0 Å². The zero-order valence-electron chi connectivity index (χ0n) is 13.3. The highest BCUT2D eigenvalue weighted by atomic mass is 16.4. The van der Waals surface area contributed by atoms with Crippen LogP contribution in [0.3, 0.4) is 0 Å². The molecule has 1 aromatic rings. The highest BCUT2D eigenvalue weighted by Gasteiger charge is 2.29. The van der Waals surface area contributed by atoms with Crippen molar-refractivity contribution in [3.8, 4) is 0 Å². The van der Waals surface area contributed by atoms with Gasteiger partial charge in [0.1, 0.15) is 6.54 Å². The molecule has 1 unspecified atom stereocenters. The van der Waals surface area contributed by atoms with Crippen LogP contribution in [0.4, 0.5) is 0 Å². The third-order valence-corrected chi connectivity index (χ3v) is 3.07. The van der Waals surface area contributed by atoms with Crippen LogP contribution in [0.1, 0.15) is 63.6 Å². The first-order valence-corrected chi connectivity index (χ1v) is 7.13. The van der Waals surface area contributed by atoms with Crippen molar-refractivity contribution in [2.75, 3.05) is 0 Å². The van der Waals surface area contributed by atoms with Gasteiger partial charge in [-0.1, -0.05) is 39.3 Å². The average Bonchev–Trinajstić information content (AvgIpc) is 2.72. The molecule has 1 heterocycles. The van der Waals surface area contributed by atoms with Gasteiger partial charge in [0.2, 0.25) is 5.91 Å². The largest absolute Gasteiger partial charge is 0.476 e. The smallest absolute Gasteiger partial charge is 0.358 e. The van der Waals surface area contributed by atoms with E-state index in [0.29, 0.717) is 5.69 Å². The van der Waals surface area contributed by atoms with Crippen molar-refractivity contribution in [3.63, 3.8) is 0 Å². The zero-order chi connectivity index (χ0) is 16.2. The van der Waals surface area contributed by atoms with E-state index in [9.17, 15) is 14.7 Å². The summed E-state index contributed by atoms with van der Waals surface area (Å²) in [4.78, 5) is 23.2. The Morgan fingerprint density at radius 3 is 2.48 bits per heavy atom. The molecule has 0 saturated carbocycles. The molecular formula is C14H24N4O3. The maximum atomic E-state index is 12.0. The second-order valence-electron chi connectivity index (χ2n) is 6.26. The first kappa shape index (κ1) is 17.1. The van der Waals surface area contributed by atoms with Crippen LogP contribution in [-0.2, 0) is 16.8 Å². The number of aromatic nitrogens is 3. The third kappa shape index (κ3) is 4.54. The van der Waals surface area contributed by atoms with Crippen LogP contribution in [0, 0.1) is 0 Å². The predicted molar refractivity (Wildman–Crippen MR) is 78.2 cm³/mol. The molecule has 1 atom stereocenters. The molecule has 0 saturated heterocycles. The minimum Gasteiger partial charge on any atom is -0.476 e. The number of hydrogen-bond donors (Lipinski definition) is 2. The molecule has 0 aliphatic carbocycles. The fourth-order valence-electron chi connectivity index (χ4n) is 2.27. The van der Waals surface area contributed by atoms with E-state index in [1.165, 1.54) is 4.68 Å². The summed E-state index contributed by atoms with van der Waals surface area (Å²) in [5.41, 5.74) is -0.114. The quantitative estimate of drug-likeness (QED) is 0.830. The van der Waals surface area contributed by atoms with E-state index in [-0.39, 0.29) is 24.2 Å². The summed E-state index contributed by atoms with van der Waals surface area (Å²) in [7, 11) is 0. The highest BCUT2D eigenvalue weighted by molar-refractivity contribution is 5.87. The first-order valence-electron chi connectivity index (χ1n) is 7.13. The van der Waals surface area contributed by atoms with Gasteiger partial charge in [-0.05, 0) is 13.3 Å². The number of aromatic carboxylic acids is 1. The van der Waals surface area contributed by atoms with Gasteiger partial charge in [-0.15, -0.1) is 5.10 Å². The number of nitrogens with one attached hydrogen (secondary N) is 1. The molecule has 2 N–H and O–H groups in total. The van der Waals surface area contributed by atoms with Gasteiger partial charge in [-0.25, -0.2) is 9.48 Å². The van der Waals surface area contributed by atoms with Gasteiger partial charge < -0.3 is 10.4 Å². The molecule has 0 spiro atoms. The van der Waals surface area contributed by atoms with E-state index in [0.717, 1.165) is 12.8 Å². The Bertz CT molecular complexity index is 517. The number of rotatable bonds is 6. The molecule has 1 amide bonds. The fourth-order valence-corrected chi connectivity index (χ4v) is 2.27. The molecule has 0 fully saturated rings. The van der Waals surface area contributed by atoms with Crippen LogP contribution in [-0.4, -0.2) is 38.0 Å². The second kappa shape index (κ2) is 6.69. The number of amides is 1. The molecule has 7 nitrogen and oxygen atoms in total. The number of carboxylic acid groups (broad SMARTS) is 1. The van der Waals surface area contributed by atoms with Crippen LogP contribution in [0.5, 0.6) is 0 Å². The van der Waals surface area contributed by atoms with Gasteiger partial charge in [0, 0.05) is 11.5 Å². The van der Waals surface area contributed by atoms with E-state index in [1.807, 2.05) is 27.7 Å². The lowest BCUT2D eigenvalue weighted by atomic mass is 9.90. The normalized spacial score (nSPS) is 13.0. The summed E-state index contributed by atoms with van der Waals surface area (Å²) in [6, 6.07) is 0.0862. The molecule has 0 aliphatic heterocycles. The fraction of sp³-hybridized carbons (Fsp3) is 0.714. The number of carboxylic acids is 1. The number of carbonyl (C=O) groups excluding carboxylic acids is 1. The Morgan fingerprint density at radius 2 is 2.00 bits per heavy atom. The monoisotopic (exact) mass is 296 g/mol. The van der Waals surface area contributed by atoms with Crippen LogP contribution < -0.4 is 5.32 Å². The standard InChI is InChI=1S/C14H24N4O3/c1-6-7-9(2)15-10(19)8-18-12(14(3,4)5)11(13(20)21)16-17-18/h9H,6-8H2,1-5H3,(H,15,19)(H,20,21). The Balaban J connectivity index is 2.94. The van der Waals surface area contributed by atoms with E-state index < -0.39 is 11.4 Å². The molecule has 21 heavy (non-hydrogen) atoms. The first-order chi connectivity index (χ1) is 9.66. The van der Waals surface area contributed by atoms with Crippen LogP contribution in [0.2, 0.25) is 0 Å². The van der Waals surface area contributed by atoms with E-state index in [4.69, 9.17) is 0 Å². The Morgan fingerprint density at radius 1 is 1.38 bits per heavy atom. The number of hydrogen-bond acceptors (Lipinski definition) is 4. The lowest BCUT2D eigenvalue weighted by Crippen LogP contribution is -2.36. The second-order valence-corrected chi connectivity index (χ2v) is 6.26. The Kier molecular flexibility index (Phi) is 5.46. The summed E-state index contributed by atoms with van der Waals surface area (Å²) < 4.78 is 1.37. The summed E-state index contributed by atoms with van der Waals surface area (Å²) in [6.07, 6.45) is 1.89. The van der Waals surface area contributed by atoms with Gasteiger partial charge in [0.05, 0.1) is 5.69 Å². The molecule has 118 valence electrons. The minimum absolute atomic E-state index is 0.0268.